The molecule has 0 radical (unpaired) electrons. The fraction of sp³-hybridized carbons (Fsp3) is 0.457. The normalized spacial score (nSPS) is 18.8. The van der Waals surface area contributed by atoms with Gasteiger partial charge in [-0.1, -0.05) is 68.5 Å². The molecule has 0 unspecified atom stereocenters. The number of phenolic OH excluding ortho intramolecular Hbond substituents is 1. The second-order valence-electron chi connectivity index (χ2n) is 13.3. The van der Waals surface area contributed by atoms with Crippen LogP contribution in [0.15, 0.2) is 54.6 Å². The molecule has 0 bridgehead atoms. The maximum atomic E-state index is 13.7. The molecule has 2 aliphatic rings. The van der Waals surface area contributed by atoms with Crippen LogP contribution in [0.4, 0.5) is 0 Å². The van der Waals surface area contributed by atoms with Gasteiger partial charge in [0.15, 0.2) is 5.01 Å². The van der Waals surface area contributed by atoms with Crippen molar-refractivity contribution >= 4 is 27.6 Å². The standard InChI is InChI=1S/C35H42N4O3S/c1-35(2,3)26-10-13-29-25(20-26)21-31-33(37-29)43-34(38-31)32(42)36-30(16-19-39-17-14-28(41)15-18-39)24-6-4-22(5-7-24)23-8-11-27(40)12-9-23/h4-9,11-12,21,26,28,30,40-41H,10,13-20H2,1-3H3,(H,36,42)/t26-,30+/m0/s1. The van der Waals surface area contributed by atoms with E-state index in [2.05, 4.69) is 61.3 Å². The molecule has 0 saturated carbocycles. The summed E-state index contributed by atoms with van der Waals surface area (Å²) in [5.74, 6) is 0.688. The Labute approximate surface area is 258 Å². The summed E-state index contributed by atoms with van der Waals surface area (Å²) in [5, 5.41) is 23.3. The average Bonchev–Trinajstić information content (AvgIpc) is 3.41. The van der Waals surface area contributed by atoms with Crippen molar-refractivity contribution in [1.82, 2.24) is 20.2 Å². The number of piperidine rings is 1. The summed E-state index contributed by atoms with van der Waals surface area (Å²) in [6.07, 6.45) is 5.25. The van der Waals surface area contributed by atoms with Crippen LogP contribution >= 0.6 is 11.3 Å². The summed E-state index contributed by atoms with van der Waals surface area (Å²) in [4.78, 5) is 26.6. The number of nitrogens with one attached hydrogen (secondary N) is 1. The first-order valence-corrected chi connectivity index (χ1v) is 16.3. The Morgan fingerprint density at radius 3 is 2.37 bits per heavy atom. The third-order valence-electron chi connectivity index (χ3n) is 9.28. The van der Waals surface area contributed by atoms with E-state index in [0.717, 1.165) is 90.9 Å². The Balaban J connectivity index is 1.21. The maximum Gasteiger partial charge on any atom is 0.280 e. The van der Waals surface area contributed by atoms with Gasteiger partial charge in [0.2, 0.25) is 0 Å². The molecule has 1 fully saturated rings. The number of phenols is 1. The monoisotopic (exact) mass is 598 g/mol. The molecule has 1 aliphatic carbocycles. The summed E-state index contributed by atoms with van der Waals surface area (Å²) in [6, 6.07) is 17.4. The topological polar surface area (TPSA) is 98.6 Å². The molecule has 3 N–H and O–H groups in total. The van der Waals surface area contributed by atoms with Crippen molar-refractivity contribution in [3.05, 3.63) is 76.4 Å². The largest absolute Gasteiger partial charge is 0.508 e. The minimum Gasteiger partial charge on any atom is -0.508 e. The number of aliphatic hydroxyl groups is 1. The van der Waals surface area contributed by atoms with E-state index in [4.69, 9.17) is 9.97 Å². The number of hydrogen-bond donors (Lipinski definition) is 3. The summed E-state index contributed by atoms with van der Waals surface area (Å²) in [6.45, 7) is 9.50. The van der Waals surface area contributed by atoms with Gasteiger partial charge in [0.25, 0.3) is 5.91 Å². The van der Waals surface area contributed by atoms with Crippen LogP contribution in [0, 0.1) is 11.3 Å². The smallest absolute Gasteiger partial charge is 0.280 e. The number of carbonyl (C=O) groups excluding carboxylic acids is 1. The molecule has 3 heterocycles. The molecule has 2 atom stereocenters. The van der Waals surface area contributed by atoms with Gasteiger partial charge < -0.3 is 20.4 Å². The van der Waals surface area contributed by atoms with E-state index in [9.17, 15) is 15.0 Å². The van der Waals surface area contributed by atoms with Gasteiger partial charge in [0.05, 0.1) is 12.1 Å². The van der Waals surface area contributed by atoms with Gasteiger partial charge >= 0.3 is 0 Å². The number of aryl methyl sites for hydroxylation is 1. The quantitative estimate of drug-likeness (QED) is 0.224. The predicted octanol–water partition coefficient (Wildman–Crippen LogP) is 6.53. The van der Waals surface area contributed by atoms with Crippen LogP contribution < -0.4 is 5.32 Å². The number of amides is 1. The first-order valence-electron chi connectivity index (χ1n) is 15.5. The molecule has 226 valence electrons. The molecular formula is C35H42N4O3S. The first-order chi connectivity index (χ1) is 20.6. The van der Waals surface area contributed by atoms with E-state index in [0.29, 0.717) is 10.9 Å². The van der Waals surface area contributed by atoms with Crippen molar-refractivity contribution in [3.63, 3.8) is 0 Å². The lowest BCUT2D eigenvalue weighted by molar-refractivity contribution is 0.0795. The number of likely N-dealkylation sites (tertiary alicyclic amines) is 1. The number of nitrogens with zero attached hydrogens (tertiary/aromatic N) is 3. The zero-order chi connectivity index (χ0) is 30.1. The molecule has 6 rings (SSSR count). The second-order valence-corrected chi connectivity index (χ2v) is 14.3. The van der Waals surface area contributed by atoms with Gasteiger partial charge in [0, 0.05) is 25.3 Å². The molecule has 0 spiro atoms. The van der Waals surface area contributed by atoms with Crippen molar-refractivity contribution in [2.45, 2.75) is 71.4 Å². The van der Waals surface area contributed by atoms with Crippen LogP contribution in [0.3, 0.4) is 0 Å². The third kappa shape index (κ3) is 6.92. The summed E-state index contributed by atoms with van der Waals surface area (Å²) in [7, 11) is 0. The molecule has 43 heavy (non-hydrogen) atoms. The Bertz CT molecular complexity index is 1570. The average molecular weight is 599 g/mol. The van der Waals surface area contributed by atoms with Crippen LogP contribution in [0.1, 0.15) is 79.1 Å². The number of aromatic hydroxyl groups is 1. The SMILES string of the molecule is CC(C)(C)[C@H]1CCc2nc3sc(C(=O)N[C@H](CCN4CCC(O)CC4)c4ccc(-c5ccc(O)cc5)cc4)nc3cc2C1. The number of aliphatic hydroxyl groups excluding tert-OH is 1. The van der Waals surface area contributed by atoms with Crippen LogP contribution in [0.25, 0.3) is 21.5 Å². The number of benzene rings is 2. The minimum atomic E-state index is -0.211. The van der Waals surface area contributed by atoms with Gasteiger partial charge in [-0.3, -0.25) is 4.79 Å². The Morgan fingerprint density at radius 1 is 1.02 bits per heavy atom. The molecule has 1 saturated heterocycles. The summed E-state index contributed by atoms with van der Waals surface area (Å²) < 4.78 is 0. The highest BCUT2D eigenvalue weighted by Gasteiger charge is 2.30. The number of thiazole rings is 1. The van der Waals surface area contributed by atoms with E-state index in [1.165, 1.54) is 16.9 Å². The first kappa shape index (κ1) is 29.7. The number of rotatable bonds is 7. The van der Waals surface area contributed by atoms with E-state index < -0.39 is 0 Å². The van der Waals surface area contributed by atoms with Crippen LogP contribution in [0.2, 0.25) is 0 Å². The number of pyridine rings is 1. The molecule has 4 aromatic rings. The van der Waals surface area contributed by atoms with E-state index in [-0.39, 0.29) is 29.2 Å². The second kappa shape index (κ2) is 12.3. The summed E-state index contributed by atoms with van der Waals surface area (Å²) >= 11 is 1.38. The highest BCUT2D eigenvalue weighted by atomic mass is 32.1. The number of hydrogen-bond acceptors (Lipinski definition) is 7. The van der Waals surface area contributed by atoms with Gasteiger partial charge in [-0.25, -0.2) is 9.97 Å². The van der Waals surface area contributed by atoms with Gasteiger partial charge in [-0.05, 0) is 90.3 Å². The fourth-order valence-corrected chi connectivity index (χ4v) is 7.25. The zero-order valence-electron chi connectivity index (χ0n) is 25.3. The molecule has 1 amide bonds. The van der Waals surface area contributed by atoms with Crippen molar-refractivity contribution in [2.75, 3.05) is 19.6 Å². The Kier molecular flexibility index (Phi) is 8.54. The lowest BCUT2D eigenvalue weighted by Gasteiger charge is -2.34. The highest BCUT2D eigenvalue weighted by Crippen LogP contribution is 2.38. The minimum absolute atomic E-state index is 0.171. The Morgan fingerprint density at radius 2 is 1.70 bits per heavy atom. The van der Waals surface area contributed by atoms with Gasteiger partial charge in [-0.15, -0.1) is 0 Å². The molecule has 2 aromatic heterocycles. The van der Waals surface area contributed by atoms with Gasteiger partial charge in [-0.2, -0.15) is 0 Å². The molecule has 8 heteroatoms. The number of aromatic nitrogens is 2. The molecular weight excluding hydrogens is 556 g/mol. The van der Waals surface area contributed by atoms with Crippen molar-refractivity contribution < 1.29 is 15.0 Å². The molecule has 7 nitrogen and oxygen atoms in total. The molecule has 2 aromatic carbocycles. The zero-order valence-corrected chi connectivity index (χ0v) is 26.2. The van der Waals surface area contributed by atoms with Crippen LogP contribution in [0.5, 0.6) is 5.75 Å². The van der Waals surface area contributed by atoms with Gasteiger partial charge in [0.1, 0.15) is 16.1 Å². The lowest BCUT2D eigenvalue weighted by atomic mass is 9.71. The number of carbonyl (C=O) groups is 1. The number of fused-ring (bicyclic) bond motifs is 2. The predicted molar refractivity (Wildman–Crippen MR) is 172 cm³/mol. The van der Waals surface area contributed by atoms with Crippen LogP contribution in [-0.4, -0.2) is 56.7 Å². The lowest BCUT2D eigenvalue weighted by Crippen LogP contribution is -2.38. The van der Waals surface area contributed by atoms with E-state index >= 15 is 0 Å². The van der Waals surface area contributed by atoms with E-state index in [1.54, 1.807) is 12.1 Å². The fourth-order valence-electron chi connectivity index (χ4n) is 6.41. The third-order valence-corrected chi connectivity index (χ3v) is 10.2. The van der Waals surface area contributed by atoms with E-state index in [1.807, 2.05) is 12.1 Å². The highest BCUT2D eigenvalue weighted by molar-refractivity contribution is 7.19. The van der Waals surface area contributed by atoms with Crippen LogP contribution in [-0.2, 0) is 12.8 Å². The molecule has 1 aliphatic heterocycles. The van der Waals surface area contributed by atoms with Crippen molar-refractivity contribution in [3.8, 4) is 16.9 Å². The van der Waals surface area contributed by atoms with Crippen molar-refractivity contribution in [2.24, 2.45) is 11.3 Å². The van der Waals surface area contributed by atoms with Crippen molar-refractivity contribution in [1.29, 1.82) is 0 Å². The summed E-state index contributed by atoms with van der Waals surface area (Å²) in [5.41, 5.74) is 6.60. The Hall–Kier alpha value is -3.33. The maximum absolute atomic E-state index is 13.7.